The summed E-state index contributed by atoms with van der Waals surface area (Å²) in [7, 11) is 0. The Balaban J connectivity index is 1.83. The number of rotatable bonds is 9. The Morgan fingerprint density at radius 3 is 2.42 bits per heavy atom. The van der Waals surface area contributed by atoms with E-state index in [1.54, 1.807) is 12.1 Å². The predicted octanol–water partition coefficient (Wildman–Crippen LogP) is 2.59. The highest BCUT2D eigenvalue weighted by Gasteiger charge is 2.19. The zero-order valence-electron chi connectivity index (χ0n) is 14.1. The molecule has 0 heterocycles. The molecule has 1 unspecified atom stereocenters. The van der Waals surface area contributed by atoms with Crippen LogP contribution in [-0.4, -0.2) is 28.5 Å². The summed E-state index contributed by atoms with van der Waals surface area (Å²) in [5, 5.41) is 22.7. The minimum absolute atomic E-state index is 0.0169. The summed E-state index contributed by atoms with van der Waals surface area (Å²) in [6.07, 6.45) is 0.824. The number of amides is 1. The summed E-state index contributed by atoms with van der Waals surface area (Å²) in [5.74, 6) is -1.96. The van der Waals surface area contributed by atoms with E-state index in [0.717, 1.165) is 5.56 Å². The van der Waals surface area contributed by atoms with Gasteiger partial charge in [-0.05, 0) is 24.0 Å². The maximum atomic E-state index is 12.0. The number of carboxylic acid groups (broad SMARTS) is 1. The van der Waals surface area contributed by atoms with Crippen LogP contribution in [0.25, 0.3) is 0 Å². The summed E-state index contributed by atoms with van der Waals surface area (Å²) in [6, 6.07) is 15.3. The normalized spacial score (nSPS) is 11.5. The molecule has 0 radical (unpaired) electrons. The fourth-order valence-corrected chi connectivity index (χ4v) is 2.55. The summed E-state index contributed by atoms with van der Waals surface area (Å²) < 4.78 is 0. The van der Waals surface area contributed by atoms with Crippen molar-refractivity contribution in [2.75, 3.05) is 6.54 Å². The van der Waals surface area contributed by atoms with Gasteiger partial charge >= 0.3 is 5.97 Å². The SMILES string of the molecule is O=C(CCc1cccc([N+](=O)[O-])c1)NCC(Cc1ccccc1)C(=O)O. The molecule has 0 aliphatic rings. The molecule has 2 N–H and O–H groups in total. The number of nitro groups is 1. The number of nitrogens with zero attached hydrogens (tertiary/aromatic N) is 1. The van der Waals surface area contributed by atoms with Crippen molar-refractivity contribution in [1.29, 1.82) is 0 Å². The van der Waals surface area contributed by atoms with Crippen molar-refractivity contribution in [2.45, 2.75) is 19.3 Å². The lowest BCUT2D eigenvalue weighted by molar-refractivity contribution is -0.384. The second-order valence-corrected chi connectivity index (χ2v) is 5.96. The van der Waals surface area contributed by atoms with Crippen molar-refractivity contribution in [2.24, 2.45) is 5.92 Å². The lowest BCUT2D eigenvalue weighted by atomic mass is 9.99. The van der Waals surface area contributed by atoms with Crippen LogP contribution in [0.1, 0.15) is 17.5 Å². The number of hydrogen-bond acceptors (Lipinski definition) is 4. The first kappa shape index (κ1) is 19.1. The van der Waals surface area contributed by atoms with Gasteiger partial charge < -0.3 is 10.4 Å². The molecule has 0 aliphatic carbocycles. The average Bonchev–Trinajstić information content (AvgIpc) is 2.64. The summed E-state index contributed by atoms with van der Waals surface area (Å²) in [5.41, 5.74) is 1.57. The minimum Gasteiger partial charge on any atom is -0.481 e. The van der Waals surface area contributed by atoms with E-state index in [0.29, 0.717) is 18.4 Å². The molecule has 1 atom stereocenters. The van der Waals surface area contributed by atoms with Gasteiger partial charge in [-0.1, -0.05) is 42.5 Å². The standard InChI is InChI=1S/C19H20N2O5/c22-18(10-9-15-7-4-8-17(12-15)21(25)26)20-13-16(19(23)24)11-14-5-2-1-3-6-14/h1-8,12,16H,9-11,13H2,(H,20,22)(H,23,24). The van der Waals surface area contributed by atoms with Crippen LogP contribution >= 0.6 is 0 Å². The van der Waals surface area contributed by atoms with Crippen LogP contribution in [0, 0.1) is 16.0 Å². The van der Waals surface area contributed by atoms with Crippen LogP contribution in [0.15, 0.2) is 54.6 Å². The molecule has 7 heteroatoms. The molecule has 2 aromatic rings. The third kappa shape index (κ3) is 6.01. The molecule has 136 valence electrons. The largest absolute Gasteiger partial charge is 0.481 e. The Bertz CT molecular complexity index is 777. The van der Waals surface area contributed by atoms with Gasteiger partial charge in [-0.25, -0.2) is 0 Å². The van der Waals surface area contributed by atoms with Crippen LogP contribution < -0.4 is 5.32 Å². The Morgan fingerprint density at radius 1 is 1.08 bits per heavy atom. The Kier molecular flexibility index (Phi) is 6.84. The highest BCUT2D eigenvalue weighted by Crippen LogP contribution is 2.14. The first-order chi connectivity index (χ1) is 12.5. The highest BCUT2D eigenvalue weighted by atomic mass is 16.6. The minimum atomic E-state index is -0.965. The number of hydrogen-bond donors (Lipinski definition) is 2. The summed E-state index contributed by atoms with van der Waals surface area (Å²) >= 11 is 0. The molecule has 0 saturated heterocycles. The van der Waals surface area contributed by atoms with Crippen LogP contribution in [-0.2, 0) is 22.4 Å². The van der Waals surface area contributed by atoms with E-state index in [1.165, 1.54) is 12.1 Å². The number of carbonyl (C=O) groups excluding carboxylic acids is 1. The van der Waals surface area contributed by atoms with Crippen molar-refractivity contribution in [1.82, 2.24) is 5.32 Å². The van der Waals surface area contributed by atoms with Crippen molar-refractivity contribution >= 4 is 17.6 Å². The average molecular weight is 356 g/mol. The first-order valence-electron chi connectivity index (χ1n) is 8.22. The molecule has 0 bridgehead atoms. The maximum absolute atomic E-state index is 12.0. The maximum Gasteiger partial charge on any atom is 0.308 e. The zero-order chi connectivity index (χ0) is 18.9. The molecular weight excluding hydrogens is 336 g/mol. The van der Waals surface area contributed by atoms with E-state index in [-0.39, 0.29) is 24.6 Å². The third-order valence-electron chi connectivity index (χ3n) is 3.98. The van der Waals surface area contributed by atoms with E-state index in [1.807, 2.05) is 30.3 Å². The van der Waals surface area contributed by atoms with Crippen LogP contribution in [0.4, 0.5) is 5.69 Å². The van der Waals surface area contributed by atoms with E-state index in [4.69, 9.17) is 0 Å². The summed E-state index contributed by atoms with van der Waals surface area (Å²) in [6.45, 7) is 0.0397. The van der Waals surface area contributed by atoms with Gasteiger partial charge in [-0.3, -0.25) is 19.7 Å². The second-order valence-electron chi connectivity index (χ2n) is 5.96. The molecular formula is C19H20N2O5. The van der Waals surface area contributed by atoms with Crippen LogP contribution in [0.2, 0.25) is 0 Å². The number of carbonyl (C=O) groups is 2. The Hall–Kier alpha value is -3.22. The molecule has 0 saturated carbocycles. The number of nitrogens with one attached hydrogen (secondary N) is 1. The smallest absolute Gasteiger partial charge is 0.308 e. The zero-order valence-corrected chi connectivity index (χ0v) is 14.1. The molecule has 0 spiro atoms. The van der Waals surface area contributed by atoms with Gasteiger partial charge in [0.05, 0.1) is 10.8 Å². The molecule has 0 aliphatic heterocycles. The van der Waals surface area contributed by atoms with Crippen LogP contribution in [0.3, 0.4) is 0 Å². The van der Waals surface area contributed by atoms with E-state index < -0.39 is 16.8 Å². The Morgan fingerprint density at radius 2 is 1.77 bits per heavy atom. The highest BCUT2D eigenvalue weighted by molar-refractivity contribution is 5.77. The monoisotopic (exact) mass is 356 g/mol. The van der Waals surface area contributed by atoms with Gasteiger partial charge in [0.15, 0.2) is 0 Å². The van der Waals surface area contributed by atoms with Gasteiger partial charge in [0.25, 0.3) is 5.69 Å². The lowest BCUT2D eigenvalue weighted by Crippen LogP contribution is -2.34. The molecule has 26 heavy (non-hydrogen) atoms. The van der Waals surface area contributed by atoms with Gasteiger partial charge in [0.2, 0.25) is 5.91 Å². The van der Waals surface area contributed by atoms with Gasteiger partial charge in [0.1, 0.15) is 0 Å². The fourth-order valence-electron chi connectivity index (χ4n) is 2.55. The summed E-state index contributed by atoms with van der Waals surface area (Å²) in [4.78, 5) is 33.6. The van der Waals surface area contributed by atoms with Crippen molar-refractivity contribution in [3.8, 4) is 0 Å². The van der Waals surface area contributed by atoms with Crippen LogP contribution in [0.5, 0.6) is 0 Å². The predicted molar refractivity (Wildman–Crippen MR) is 95.7 cm³/mol. The molecule has 2 rings (SSSR count). The Labute approximate surface area is 150 Å². The lowest BCUT2D eigenvalue weighted by Gasteiger charge is -2.13. The van der Waals surface area contributed by atoms with Gasteiger partial charge in [-0.15, -0.1) is 0 Å². The number of benzene rings is 2. The van der Waals surface area contributed by atoms with Crippen molar-refractivity contribution in [3.63, 3.8) is 0 Å². The number of non-ortho nitro benzene ring substituents is 1. The van der Waals surface area contributed by atoms with E-state index >= 15 is 0 Å². The number of aryl methyl sites for hydroxylation is 1. The fraction of sp³-hybridized carbons (Fsp3) is 0.263. The van der Waals surface area contributed by atoms with Crippen molar-refractivity contribution in [3.05, 3.63) is 75.8 Å². The topological polar surface area (TPSA) is 110 Å². The van der Waals surface area contributed by atoms with E-state index in [2.05, 4.69) is 5.32 Å². The third-order valence-corrected chi connectivity index (χ3v) is 3.98. The molecule has 0 aromatic heterocycles. The van der Waals surface area contributed by atoms with Gasteiger partial charge in [0, 0.05) is 25.1 Å². The number of aliphatic carboxylic acids is 1. The number of nitro benzene ring substituents is 1. The van der Waals surface area contributed by atoms with E-state index in [9.17, 15) is 24.8 Å². The number of carboxylic acids is 1. The molecule has 1 amide bonds. The molecule has 7 nitrogen and oxygen atoms in total. The molecule has 2 aromatic carbocycles. The van der Waals surface area contributed by atoms with Gasteiger partial charge in [-0.2, -0.15) is 0 Å². The quantitative estimate of drug-likeness (QED) is 0.530. The van der Waals surface area contributed by atoms with Crippen molar-refractivity contribution < 1.29 is 19.6 Å². The second kappa shape index (κ2) is 9.31. The first-order valence-corrected chi connectivity index (χ1v) is 8.22. The molecule has 0 fully saturated rings.